The maximum atomic E-state index is 14.2. The van der Waals surface area contributed by atoms with Gasteiger partial charge < -0.3 is 9.84 Å². The Hall–Kier alpha value is -4.13. The van der Waals surface area contributed by atoms with Crippen molar-refractivity contribution in [3.05, 3.63) is 92.4 Å². The molecule has 0 aliphatic rings. The smallest absolute Gasteiger partial charge is 0.277 e. The van der Waals surface area contributed by atoms with Gasteiger partial charge in [-0.1, -0.05) is 17.5 Å². The van der Waals surface area contributed by atoms with Gasteiger partial charge in [-0.2, -0.15) is 0 Å². The van der Waals surface area contributed by atoms with Crippen LogP contribution in [0.5, 0.6) is 5.75 Å². The standard InChI is InChI=1S/C27H23ClFN5O3/c1-6-17-13-32-20(19-7-8-30-26(33-19)27(4,5)36)11-22(17)34-16(3)10-23(24(28)25(34)35)37-14-21-18(29)9-15(2)12-31-21/h1,7-13,36H,14H2,2-5H3. The first kappa shape index (κ1) is 25.9. The molecule has 4 rings (SSSR count). The first-order valence-electron chi connectivity index (χ1n) is 11.2. The summed E-state index contributed by atoms with van der Waals surface area (Å²) in [5.41, 5.74) is 0.944. The first-order valence-corrected chi connectivity index (χ1v) is 11.6. The predicted octanol–water partition coefficient (Wildman–Crippen LogP) is 4.28. The fraction of sp³-hybridized carbons (Fsp3) is 0.222. The summed E-state index contributed by atoms with van der Waals surface area (Å²) in [5.74, 6) is 2.32. The minimum Gasteiger partial charge on any atom is -0.485 e. The number of nitrogens with zero attached hydrogens (tertiary/aromatic N) is 5. The van der Waals surface area contributed by atoms with Gasteiger partial charge in [0.15, 0.2) is 5.82 Å². The molecule has 4 aromatic rings. The molecule has 0 bridgehead atoms. The Bertz CT molecular complexity index is 1610. The van der Waals surface area contributed by atoms with Crippen LogP contribution in [0.4, 0.5) is 4.39 Å². The molecule has 188 valence electrons. The Labute approximate surface area is 217 Å². The molecule has 8 nitrogen and oxygen atoms in total. The fourth-order valence-corrected chi connectivity index (χ4v) is 3.77. The van der Waals surface area contributed by atoms with Crippen molar-refractivity contribution in [2.75, 3.05) is 0 Å². The summed E-state index contributed by atoms with van der Waals surface area (Å²) in [5, 5.41) is 10.1. The third-order valence-electron chi connectivity index (χ3n) is 5.46. The number of terminal acetylenes is 1. The van der Waals surface area contributed by atoms with Crippen LogP contribution in [0.3, 0.4) is 0 Å². The Morgan fingerprint density at radius 1 is 1.16 bits per heavy atom. The number of hydrogen-bond acceptors (Lipinski definition) is 7. The fourth-order valence-electron chi connectivity index (χ4n) is 3.58. The lowest BCUT2D eigenvalue weighted by atomic mass is 10.1. The van der Waals surface area contributed by atoms with Crippen LogP contribution in [0.1, 0.15) is 42.2 Å². The molecule has 0 aliphatic heterocycles. The van der Waals surface area contributed by atoms with Crippen molar-refractivity contribution in [2.24, 2.45) is 0 Å². The molecule has 0 saturated heterocycles. The summed E-state index contributed by atoms with van der Waals surface area (Å²) < 4.78 is 21.2. The van der Waals surface area contributed by atoms with Crippen LogP contribution in [0.15, 0.2) is 47.7 Å². The van der Waals surface area contributed by atoms with Crippen molar-refractivity contribution in [1.82, 2.24) is 24.5 Å². The van der Waals surface area contributed by atoms with E-state index in [9.17, 15) is 14.3 Å². The number of hydrogen-bond donors (Lipinski definition) is 1. The van der Waals surface area contributed by atoms with Gasteiger partial charge in [0.2, 0.25) is 0 Å². The average molecular weight is 520 g/mol. The van der Waals surface area contributed by atoms with Crippen molar-refractivity contribution in [3.8, 4) is 35.2 Å². The molecule has 0 saturated carbocycles. The highest BCUT2D eigenvalue weighted by Crippen LogP contribution is 2.27. The zero-order valence-electron chi connectivity index (χ0n) is 20.6. The van der Waals surface area contributed by atoms with Gasteiger partial charge in [-0.25, -0.2) is 14.4 Å². The molecule has 0 radical (unpaired) electrons. The summed E-state index contributed by atoms with van der Waals surface area (Å²) in [6, 6.07) is 6.16. The van der Waals surface area contributed by atoms with Crippen molar-refractivity contribution >= 4 is 11.6 Å². The largest absolute Gasteiger partial charge is 0.485 e. The molecule has 0 spiro atoms. The second-order valence-corrected chi connectivity index (χ2v) is 9.27. The highest BCUT2D eigenvalue weighted by Gasteiger charge is 2.21. The number of rotatable bonds is 6. The lowest BCUT2D eigenvalue weighted by Crippen LogP contribution is -2.23. The van der Waals surface area contributed by atoms with Crippen molar-refractivity contribution in [3.63, 3.8) is 0 Å². The second-order valence-electron chi connectivity index (χ2n) is 8.89. The zero-order chi connectivity index (χ0) is 26.9. The number of aromatic nitrogens is 5. The van der Waals surface area contributed by atoms with Gasteiger partial charge in [0.25, 0.3) is 5.56 Å². The van der Waals surface area contributed by atoms with E-state index in [1.165, 1.54) is 29.2 Å². The second kappa shape index (κ2) is 10.1. The Morgan fingerprint density at radius 2 is 1.92 bits per heavy atom. The van der Waals surface area contributed by atoms with Crippen LogP contribution in [-0.4, -0.2) is 29.6 Å². The van der Waals surface area contributed by atoms with Crippen LogP contribution in [0, 0.1) is 32.0 Å². The van der Waals surface area contributed by atoms with E-state index in [0.29, 0.717) is 33.9 Å². The Morgan fingerprint density at radius 3 is 2.59 bits per heavy atom. The number of halogens is 2. The summed E-state index contributed by atoms with van der Waals surface area (Å²) in [6.45, 7) is 6.36. The van der Waals surface area contributed by atoms with Crippen LogP contribution in [-0.2, 0) is 12.2 Å². The summed E-state index contributed by atoms with van der Waals surface area (Å²) in [7, 11) is 0. The van der Waals surface area contributed by atoms with Gasteiger partial charge in [0, 0.05) is 30.4 Å². The van der Waals surface area contributed by atoms with Crippen molar-refractivity contribution in [2.45, 2.75) is 39.9 Å². The van der Waals surface area contributed by atoms with Crippen molar-refractivity contribution in [1.29, 1.82) is 0 Å². The van der Waals surface area contributed by atoms with Crippen molar-refractivity contribution < 1.29 is 14.2 Å². The molecule has 0 aliphatic carbocycles. The van der Waals surface area contributed by atoms with Gasteiger partial charge in [0.05, 0.1) is 22.6 Å². The molecule has 1 N–H and O–H groups in total. The minimum atomic E-state index is -1.26. The summed E-state index contributed by atoms with van der Waals surface area (Å²) >= 11 is 6.39. The van der Waals surface area contributed by atoms with Gasteiger partial charge >= 0.3 is 0 Å². The van der Waals surface area contributed by atoms with Gasteiger partial charge in [-0.15, -0.1) is 6.42 Å². The SMILES string of the molecule is C#Cc1cnc(-c2ccnc(C(C)(C)O)n2)cc1-n1c(C)cc(OCc2ncc(C)cc2F)c(Cl)c1=O. The third-order valence-corrected chi connectivity index (χ3v) is 5.81. The molecule has 37 heavy (non-hydrogen) atoms. The highest BCUT2D eigenvalue weighted by molar-refractivity contribution is 6.31. The predicted molar refractivity (Wildman–Crippen MR) is 137 cm³/mol. The third kappa shape index (κ3) is 5.35. The van der Waals surface area contributed by atoms with Gasteiger partial charge in [-0.3, -0.25) is 19.3 Å². The Balaban J connectivity index is 1.76. The van der Waals surface area contributed by atoms with Crippen LogP contribution in [0.2, 0.25) is 5.02 Å². The topological polar surface area (TPSA) is 103 Å². The average Bonchev–Trinajstić information content (AvgIpc) is 2.86. The highest BCUT2D eigenvalue weighted by atomic mass is 35.5. The molecule has 0 aromatic carbocycles. The monoisotopic (exact) mass is 519 g/mol. The van der Waals surface area contributed by atoms with Crippen LogP contribution < -0.4 is 10.3 Å². The minimum absolute atomic E-state index is 0.0874. The molecular weight excluding hydrogens is 497 g/mol. The van der Waals surface area contributed by atoms with E-state index in [-0.39, 0.29) is 28.9 Å². The molecule has 0 unspecified atom stereocenters. The first-order chi connectivity index (χ1) is 17.5. The van der Waals surface area contributed by atoms with Gasteiger partial charge in [-0.05, 0) is 51.5 Å². The maximum absolute atomic E-state index is 14.2. The maximum Gasteiger partial charge on any atom is 0.277 e. The number of pyridine rings is 3. The number of aryl methyl sites for hydroxylation is 2. The van der Waals surface area contributed by atoms with E-state index in [4.69, 9.17) is 22.8 Å². The van der Waals surface area contributed by atoms with Gasteiger partial charge in [0.1, 0.15) is 34.5 Å². The molecule has 10 heteroatoms. The molecule has 0 amide bonds. The number of ether oxygens (including phenoxy) is 1. The van der Waals surface area contributed by atoms with E-state index in [2.05, 4.69) is 25.9 Å². The number of aliphatic hydroxyl groups is 1. The van der Waals surface area contributed by atoms with E-state index in [1.807, 2.05) is 0 Å². The molecule has 4 aromatic heterocycles. The van der Waals surface area contributed by atoms with E-state index < -0.39 is 17.0 Å². The quantitative estimate of drug-likeness (QED) is 0.379. The van der Waals surface area contributed by atoms with E-state index >= 15 is 0 Å². The van der Waals surface area contributed by atoms with E-state index in [1.54, 1.807) is 45.9 Å². The molecule has 4 heterocycles. The molecule has 0 fully saturated rings. The zero-order valence-corrected chi connectivity index (χ0v) is 21.3. The summed E-state index contributed by atoms with van der Waals surface area (Å²) in [6.07, 6.45) is 10.2. The van der Waals surface area contributed by atoms with Crippen LogP contribution in [0.25, 0.3) is 17.1 Å². The summed E-state index contributed by atoms with van der Waals surface area (Å²) in [4.78, 5) is 30.3. The lowest BCUT2D eigenvalue weighted by molar-refractivity contribution is 0.0688. The molecular formula is C27H23ClFN5O3. The lowest BCUT2D eigenvalue weighted by Gasteiger charge is -2.17. The van der Waals surface area contributed by atoms with E-state index in [0.717, 1.165) is 0 Å². The Kier molecular flexibility index (Phi) is 7.07. The molecule has 0 atom stereocenters. The van der Waals surface area contributed by atoms with Crippen LogP contribution >= 0.6 is 11.6 Å². The normalized spacial score (nSPS) is 11.3.